The number of benzene rings is 2. The van der Waals surface area contributed by atoms with E-state index in [4.69, 9.17) is 0 Å². The molecule has 1 aliphatic heterocycles. The summed E-state index contributed by atoms with van der Waals surface area (Å²) >= 11 is 0. The van der Waals surface area contributed by atoms with Crippen molar-refractivity contribution < 1.29 is 27.9 Å². The number of hydrogen-bond acceptors (Lipinski definition) is 5. The largest absolute Gasteiger partial charge is 0.480 e. The molecule has 0 aromatic heterocycles. The van der Waals surface area contributed by atoms with E-state index in [0.717, 1.165) is 27.8 Å². The van der Waals surface area contributed by atoms with E-state index in [1.807, 2.05) is 24.3 Å². The van der Waals surface area contributed by atoms with Crippen LogP contribution in [-0.4, -0.2) is 66.8 Å². The van der Waals surface area contributed by atoms with Crippen molar-refractivity contribution in [1.82, 2.24) is 10.2 Å². The number of carbonyl (C=O) groups is 3. The number of nitrogens with zero attached hydrogens (tertiary/aromatic N) is 1. The lowest BCUT2D eigenvalue weighted by atomic mass is 9.82. The smallest absolute Gasteiger partial charge is 0.326 e. The minimum absolute atomic E-state index is 0.159. The molecule has 1 heterocycles. The average Bonchev–Trinajstić information content (AvgIpc) is 3.31. The molecule has 33 heavy (non-hydrogen) atoms. The molecule has 174 valence electrons. The van der Waals surface area contributed by atoms with Crippen LogP contribution < -0.4 is 5.32 Å². The number of aliphatic carboxylic acids is 1. The van der Waals surface area contributed by atoms with E-state index in [1.54, 1.807) is 12.1 Å². The van der Waals surface area contributed by atoms with Crippen LogP contribution in [0, 0.1) is 0 Å². The number of sulfone groups is 1. The molecule has 1 saturated heterocycles. The van der Waals surface area contributed by atoms with Crippen LogP contribution in [0.25, 0.3) is 11.1 Å². The molecular formula is C24H26N2O6S. The van der Waals surface area contributed by atoms with Gasteiger partial charge in [-0.05, 0) is 40.8 Å². The van der Waals surface area contributed by atoms with Crippen molar-refractivity contribution in [1.29, 1.82) is 0 Å². The van der Waals surface area contributed by atoms with Gasteiger partial charge >= 0.3 is 5.97 Å². The Hall–Kier alpha value is -3.20. The summed E-state index contributed by atoms with van der Waals surface area (Å²) in [6.45, 7) is 3.65. The average molecular weight is 471 g/mol. The lowest BCUT2D eigenvalue weighted by Crippen LogP contribution is -2.45. The zero-order valence-electron chi connectivity index (χ0n) is 18.7. The molecule has 2 atom stereocenters. The highest BCUT2D eigenvalue weighted by molar-refractivity contribution is 7.91. The van der Waals surface area contributed by atoms with Crippen LogP contribution in [0.3, 0.4) is 0 Å². The third-order valence-corrected chi connectivity index (χ3v) is 8.27. The van der Waals surface area contributed by atoms with Crippen molar-refractivity contribution in [3.8, 4) is 11.1 Å². The molecule has 1 aliphatic carbocycles. The predicted octanol–water partition coefficient (Wildman–Crippen LogP) is 1.82. The first-order valence-electron chi connectivity index (χ1n) is 10.6. The molecule has 0 bridgehead atoms. The van der Waals surface area contributed by atoms with Gasteiger partial charge in [-0.2, -0.15) is 0 Å². The fourth-order valence-electron chi connectivity index (χ4n) is 4.84. The minimum Gasteiger partial charge on any atom is -0.480 e. The fraction of sp³-hybridized carbons (Fsp3) is 0.375. The van der Waals surface area contributed by atoms with Crippen LogP contribution in [0.2, 0.25) is 0 Å². The van der Waals surface area contributed by atoms with Gasteiger partial charge in [0.05, 0.1) is 11.8 Å². The van der Waals surface area contributed by atoms with Crippen molar-refractivity contribution in [3.05, 3.63) is 59.2 Å². The summed E-state index contributed by atoms with van der Waals surface area (Å²) < 4.78 is 23.7. The van der Waals surface area contributed by atoms with Crippen LogP contribution in [0.1, 0.15) is 41.8 Å². The minimum atomic E-state index is -3.49. The van der Waals surface area contributed by atoms with Gasteiger partial charge in [0.15, 0.2) is 9.84 Å². The molecule has 0 saturated carbocycles. The van der Waals surface area contributed by atoms with Crippen molar-refractivity contribution in [3.63, 3.8) is 0 Å². The fourth-order valence-corrected chi connectivity index (χ4v) is 5.80. The van der Waals surface area contributed by atoms with Gasteiger partial charge in [0, 0.05) is 23.8 Å². The first-order valence-corrected chi connectivity index (χ1v) is 12.6. The molecule has 2 aromatic rings. The molecule has 1 unspecified atom stereocenters. The Kier molecular flexibility index (Phi) is 5.56. The number of amides is 2. The number of carbonyl (C=O) groups excluding carboxylic acids is 2. The second-order valence-corrected chi connectivity index (χ2v) is 11.5. The maximum Gasteiger partial charge on any atom is 0.326 e. The number of rotatable bonds is 5. The molecule has 0 radical (unpaired) electrons. The summed E-state index contributed by atoms with van der Waals surface area (Å²) in [6, 6.07) is 12.2. The SMILES string of the molecule is CC1(C)c2ccccc2-c2cc(C(=O)NCC(=O)N3CC(S(C)(=O)=O)C[C@H]3C(=O)O)ccc21. The van der Waals surface area contributed by atoms with Crippen LogP contribution in [-0.2, 0) is 24.8 Å². The number of fused-ring (bicyclic) bond motifs is 3. The van der Waals surface area contributed by atoms with Crippen molar-refractivity contribution in [2.45, 2.75) is 37.0 Å². The number of likely N-dealkylation sites (tertiary alicyclic amines) is 1. The third-order valence-electron chi connectivity index (χ3n) is 6.72. The predicted molar refractivity (Wildman–Crippen MR) is 123 cm³/mol. The maximum absolute atomic E-state index is 12.8. The van der Waals surface area contributed by atoms with Gasteiger partial charge in [-0.1, -0.05) is 44.2 Å². The van der Waals surface area contributed by atoms with E-state index >= 15 is 0 Å². The molecule has 2 N–H and O–H groups in total. The summed E-state index contributed by atoms with van der Waals surface area (Å²) in [6.07, 6.45) is 0.869. The summed E-state index contributed by atoms with van der Waals surface area (Å²) in [5.41, 5.74) is 4.53. The van der Waals surface area contributed by atoms with Gasteiger partial charge < -0.3 is 15.3 Å². The molecule has 2 aliphatic rings. The first kappa shape index (κ1) is 23.0. The normalized spacial score (nSPS) is 20.8. The third kappa shape index (κ3) is 4.01. The molecule has 2 amide bonds. The standard InChI is InChI=1S/C24H26N2O6S/c1-24(2)18-7-5-4-6-16(18)17-10-14(8-9-19(17)24)22(28)25-12-21(27)26-13-15(33(3,31)32)11-20(26)23(29)30/h4-10,15,20H,11-13H2,1-3H3,(H,25,28)(H,29,30)/t15?,20-/m0/s1. The van der Waals surface area contributed by atoms with Gasteiger partial charge in [-0.15, -0.1) is 0 Å². The van der Waals surface area contributed by atoms with Crippen molar-refractivity contribution in [2.24, 2.45) is 0 Å². The maximum atomic E-state index is 12.8. The van der Waals surface area contributed by atoms with Crippen molar-refractivity contribution in [2.75, 3.05) is 19.3 Å². The quantitative estimate of drug-likeness (QED) is 0.688. The second kappa shape index (κ2) is 7.98. The van der Waals surface area contributed by atoms with Gasteiger partial charge in [0.1, 0.15) is 6.04 Å². The first-order chi connectivity index (χ1) is 15.4. The zero-order valence-corrected chi connectivity index (χ0v) is 19.5. The van der Waals surface area contributed by atoms with Crippen LogP contribution in [0.15, 0.2) is 42.5 Å². The van der Waals surface area contributed by atoms with Gasteiger partial charge in [-0.25, -0.2) is 13.2 Å². The van der Waals surface area contributed by atoms with E-state index in [0.29, 0.717) is 5.56 Å². The summed E-state index contributed by atoms with van der Waals surface area (Å²) in [5.74, 6) is -2.35. The van der Waals surface area contributed by atoms with E-state index < -0.39 is 45.5 Å². The number of carboxylic acids is 1. The molecule has 1 fully saturated rings. The lowest BCUT2D eigenvalue weighted by Gasteiger charge is -2.22. The van der Waals surface area contributed by atoms with Crippen molar-refractivity contribution >= 4 is 27.6 Å². The van der Waals surface area contributed by atoms with E-state index in [2.05, 4.69) is 25.2 Å². The molecule has 9 heteroatoms. The Balaban J connectivity index is 1.49. The molecule has 0 spiro atoms. The molecular weight excluding hydrogens is 444 g/mol. The van der Waals surface area contributed by atoms with E-state index in [1.165, 1.54) is 5.56 Å². The number of nitrogens with one attached hydrogen (secondary N) is 1. The summed E-state index contributed by atoms with van der Waals surface area (Å²) in [5, 5.41) is 11.0. The van der Waals surface area contributed by atoms with E-state index in [-0.39, 0.29) is 18.4 Å². The summed E-state index contributed by atoms with van der Waals surface area (Å²) in [7, 11) is -3.49. The van der Waals surface area contributed by atoms with Crippen LogP contribution in [0.5, 0.6) is 0 Å². The van der Waals surface area contributed by atoms with Gasteiger partial charge in [0.25, 0.3) is 5.91 Å². The van der Waals surface area contributed by atoms with Crippen LogP contribution in [0.4, 0.5) is 0 Å². The van der Waals surface area contributed by atoms with Gasteiger partial charge in [0.2, 0.25) is 5.91 Å². The Labute approximate surface area is 192 Å². The Morgan fingerprint density at radius 3 is 2.42 bits per heavy atom. The molecule has 2 aromatic carbocycles. The monoisotopic (exact) mass is 470 g/mol. The topological polar surface area (TPSA) is 121 Å². The highest BCUT2D eigenvalue weighted by Crippen LogP contribution is 2.48. The molecule has 8 nitrogen and oxygen atoms in total. The Bertz CT molecular complexity index is 1270. The lowest BCUT2D eigenvalue weighted by molar-refractivity contribution is -0.147. The number of carboxylic acid groups (broad SMARTS) is 1. The van der Waals surface area contributed by atoms with E-state index in [9.17, 15) is 27.9 Å². The number of hydrogen-bond donors (Lipinski definition) is 2. The van der Waals surface area contributed by atoms with Gasteiger partial charge in [-0.3, -0.25) is 9.59 Å². The second-order valence-electron chi connectivity index (χ2n) is 9.20. The Morgan fingerprint density at radius 2 is 1.76 bits per heavy atom. The van der Waals surface area contributed by atoms with Crippen LogP contribution >= 0.6 is 0 Å². The zero-order chi connectivity index (χ0) is 24.1. The highest BCUT2D eigenvalue weighted by atomic mass is 32.2. The Morgan fingerprint density at radius 1 is 1.09 bits per heavy atom. The summed E-state index contributed by atoms with van der Waals surface area (Å²) in [4.78, 5) is 38.0. The molecule has 4 rings (SSSR count). The highest BCUT2D eigenvalue weighted by Gasteiger charge is 2.43.